The summed E-state index contributed by atoms with van der Waals surface area (Å²) < 4.78 is 0. The first-order chi connectivity index (χ1) is 13.2. The molecule has 1 aromatic rings. The Labute approximate surface area is 209 Å². The molecule has 1 N–H and O–H groups in total. The summed E-state index contributed by atoms with van der Waals surface area (Å²) in [7, 11) is -0.246. The Kier molecular flexibility index (Phi) is 13.6. The van der Waals surface area contributed by atoms with E-state index in [4.69, 9.17) is 9.90 Å². The molecule has 0 aliphatic carbocycles. The molecule has 184 valence electrons. The van der Waals surface area contributed by atoms with Gasteiger partial charge in [-0.1, -0.05) is 98.9 Å². The van der Waals surface area contributed by atoms with E-state index in [-0.39, 0.29) is 36.3 Å². The summed E-state index contributed by atoms with van der Waals surface area (Å²) in [5.74, 6) is -0.833. The fourth-order valence-corrected chi connectivity index (χ4v) is 11.0. The average Bonchev–Trinajstić information content (AvgIpc) is 2.45. The summed E-state index contributed by atoms with van der Waals surface area (Å²) in [6.07, 6.45) is 2.36. The van der Waals surface area contributed by atoms with Gasteiger partial charge in [-0.3, -0.25) is 4.79 Å². The molecule has 0 fully saturated rings. The minimum atomic E-state index is -0.833. The van der Waals surface area contributed by atoms with E-state index in [1.807, 2.05) is 0 Å². The zero-order valence-electron chi connectivity index (χ0n) is 22.2. The van der Waals surface area contributed by atoms with Crippen molar-refractivity contribution in [3.63, 3.8) is 0 Å². The molecule has 1 aromatic carbocycles. The van der Waals surface area contributed by atoms with Crippen LogP contribution in [0, 0.1) is 6.07 Å². The van der Waals surface area contributed by atoms with Crippen LogP contribution in [-0.2, 0) is 37.5 Å². The molecular weight excluding hydrogens is 513 g/mol. The predicted molar refractivity (Wildman–Crippen MR) is 139 cm³/mol. The van der Waals surface area contributed by atoms with Crippen molar-refractivity contribution in [1.82, 2.24) is 0 Å². The molecule has 0 atom stereocenters. The van der Waals surface area contributed by atoms with Crippen LogP contribution >= 0.6 is 15.8 Å². The first kappa shape index (κ1) is 33.4. The van der Waals surface area contributed by atoms with Crippen LogP contribution in [0.2, 0.25) is 0 Å². The largest absolute Gasteiger partial charge is 0.481 e. The Balaban J connectivity index is 0. The molecule has 0 saturated carbocycles. The van der Waals surface area contributed by atoms with Crippen LogP contribution in [0.5, 0.6) is 0 Å². The molecule has 0 bridgehead atoms. The third kappa shape index (κ3) is 13.5. The average molecular weight is 560 g/mol. The van der Waals surface area contributed by atoms with Gasteiger partial charge in [0.15, 0.2) is 0 Å². The van der Waals surface area contributed by atoms with E-state index >= 15 is 0 Å². The van der Waals surface area contributed by atoms with Gasteiger partial charge < -0.3 is 5.11 Å². The molecule has 0 amide bonds. The second-order valence-electron chi connectivity index (χ2n) is 12.1. The molecule has 0 saturated heterocycles. The molecule has 2 nitrogen and oxygen atoms in total. The SMILES string of the molecule is CC(=O)O.CC(C)(C)P(Cc1[c-]c(CP(C(C)(C)C)C(C)(C)C)ccc1)C(C)(C)C.[Pd]. The van der Waals surface area contributed by atoms with E-state index in [1.165, 1.54) is 23.5 Å². The zero-order valence-corrected chi connectivity index (χ0v) is 25.6. The molecule has 5 heteroatoms. The third-order valence-corrected chi connectivity index (χ3v) is 12.6. The van der Waals surface area contributed by atoms with Crippen LogP contribution in [-0.4, -0.2) is 31.7 Å². The van der Waals surface area contributed by atoms with E-state index < -0.39 is 5.97 Å². The molecule has 0 spiro atoms. The van der Waals surface area contributed by atoms with Crippen molar-refractivity contribution >= 4 is 21.8 Å². The van der Waals surface area contributed by atoms with Gasteiger partial charge in [-0.25, -0.2) is 0 Å². The van der Waals surface area contributed by atoms with Gasteiger partial charge >= 0.3 is 0 Å². The van der Waals surface area contributed by atoms with Gasteiger partial charge in [0, 0.05) is 27.3 Å². The molecule has 1 rings (SSSR count). The number of aliphatic carboxylic acids is 1. The van der Waals surface area contributed by atoms with Crippen molar-refractivity contribution in [2.75, 3.05) is 0 Å². The van der Waals surface area contributed by atoms with E-state index in [1.54, 1.807) is 0 Å². The van der Waals surface area contributed by atoms with Crippen molar-refractivity contribution < 1.29 is 30.3 Å². The fraction of sp³-hybridized carbons (Fsp3) is 0.731. The zero-order chi connectivity index (χ0) is 24.1. The first-order valence-electron chi connectivity index (χ1n) is 10.9. The Morgan fingerprint density at radius 3 is 1.16 bits per heavy atom. The van der Waals surface area contributed by atoms with Crippen LogP contribution in [0.25, 0.3) is 0 Å². The monoisotopic (exact) mass is 559 g/mol. The molecule has 0 aromatic heterocycles. The van der Waals surface area contributed by atoms with Crippen LogP contribution in [0.4, 0.5) is 0 Å². The molecule has 0 unspecified atom stereocenters. The molecule has 0 heterocycles. The summed E-state index contributed by atoms with van der Waals surface area (Å²) in [5, 5.41) is 8.86. The Hall–Kier alpha value is 0.212. The number of carbonyl (C=O) groups is 1. The van der Waals surface area contributed by atoms with Gasteiger partial charge in [-0.05, 0) is 32.9 Å². The summed E-state index contributed by atoms with van der Waals surface area (Å²) >= 11 is 0. The topological polar surface area (TPSA) is 37.3 Å². The van der Waals surface area contributed by atoms with Crippen LogP contribution in [0.1, 0.15) is 101 Å². The summed E-state index contributed by atoms with van der Waals surface area (Å²) in [4.78, 5) is 9.00. The summed E-state index contributed by atoms with van der Waals surface area (Å²) in [5.41, 5.74) is 2.83. The third-order valence-electron chi connectivity index (χ3n) is 4.81. The van der Waals surface area contributed by atoms with Gasteiger partial charge in [0.25, 0.3) is 5.97 Å². The molecule has 0 aliphatic heterocycles. The second-order valence-corrected chi connectivity index (χ2v) is 19.8. The van der Waals surface area contributed by atoms with Gasteiger partial charge in [0.05, 0.1) is 0 Å². The molecule has 0 radical (unpaired) electrons. The number of carboxylic acids is 1. The van der Waals surface area contributed by atoms with Crippen molar-refractivity contribution in [3.05, 3.63) is 35.4 Å². The molecule has 0 aliphatic rings. The van der Waals surface area contributed by atoms with E-state index in [0.717, 1.165) is 6.92 Å². The number of carboxylic acid groups (broad SMARTS) is 1. The quantitative estimate of drug-likeness (QED) is 0.227. The Morgan fingerprint density at radius 2 is 0.968 bits per heavy atom. The summed E-state index contributed by atoms with van der Waals surface area (Å²) in [6, 6.07) is 10.7. The first-order valence-corrected chi connectivity index (χ1v) is 14.0. The number of hydrogen-bond donors (Lipinski definition) is 1. The number of rotatable bonds is 4. The minimum Gasteiger partial charge on any atom is -0.481 e. The number of hydrogen-bond acceptors (Lipinski definition) is 1. The van der Waals surface area contributed by atoms with E-state index in [2.05, 4.69) is 107 Å². The van der Waals surface area contributed by atoms with E-state index in [9.17, 15) is 0 Å². The smallest absolute Gasteiger partial charge is 0.300 e. The maximum Gasteiger partial charge on any atom is 0.300 e. The van der Waals surface area contributed by atoms with Gasteiger partial charge in [-0.2, -0.15) is 35.4 Å². The maximum atomic E-state index is 9.00. The van der Waals surface area contributed by atoms with Crippen molar-refractivity contribution in [2.45, 2.75) is 123 Å². The van der Waals surface area contributed by atoms with Crippen LogP contribution < -0.4 is 0 Å². The Morgan fingerprint density at radius 1 is 0.742 bits per heavy atom. The van der Waals surface area contributed by atoms with Gasteiger partial charge in [-0.15, -0.1) is 0 Å². The summed E-state index contributed by atoms with van der Waals surface area (Å²) in [6.45, 7) is 30.0. The van der Waals surface area contributed by atoms with Crippen molar-refractivity contribution in [1.29, 1.82) is 0 Å². The van der Waals surface area contributed by atoms with Gasteiger partial charge in [0.1, 0.15) is 0 Å². The van der Waals surface area contributed by atoms with E-state index in [0.29, 0.717) is 20.6 Å². The molecular formula is C26H47O2P2Pd-. The number of benzene rings is 1. The maximum absolute atomic E-state index is 9.00. The minimum absolute atomic E-state index is 0. The van der Waals surface area contributed by atoms with Crippen LogP contribution in [0.3, 0.4) is 0 Å². The van der Waals surface area contributed by atoms with Crippen molar-refractivity contribution in [2.24, 2.45) is 0 Å². The normalized spacial score (nSPS) is 12.9. The second kappa shape index (κ2) is 12.6. The standard InChI is InChI=1S/C24H43P2.C2H4O2.Pd/c1-21(2,3)25(22(4,5)6)17-19-14-13-15-20(16-19)18-26(23(7,8)9)24(10,11)12;1-2(3)4;/h13-15H,17-18H2,1-12H3;1H3,(H,3,4);/q-1;;. The van der Waals surface area contributed by atoms with Crippen molar-refractivity contribution in [3.8, 4) is 0 Å². The Bertz CT molecular complexity index is 593. The van der Waals surface area contributed by atoms with Crippen LogP contribution in [0.15, 0.2) is 18.2 Å². The van der Waals surface area contributed by atoms with Gasteiger partial charge in [0.2, 0.25) is 0 Å². The molecule has 31 heavy (non-hydrogen) atoms. The fourth-order valence-electron chi connectivity index (χ4n) is 4.06. The predicted octanol–water partition coefficient (Wildman–Crippen LogP) is 8.73.